The zero-order valence-corrected chi connectivity index (χ0v) is 9.15. The van der Waals surface area contributed by atoms with Crippen molar-refractivity contribution >= 4 is 11.8 Å². The van der Waals surface area contributed by atoms with Gasteiger partial charge >= 0.3 is 0 Å². The van der Waals surface area contributed by atoms with Crippen molar-refractivity contribution in [3.05, 3.63) is 35.4 Å². The van der Waals surface area contributed by atoms with Crippen LogP contribution in [-0.4, -0.2) is 5.75 Å². The van der Waals surface area contributed by atoms with Crippen molar-refractivity contribution in [3.8, 4) is 5.40 Å². The summed E-state index contributed by atoms with van der Waals surface area (Å²) in [4.78, 5) is 0. The largest absolute Gasteiger partial charge is 0.204 e. The first-order valence-corrected chi connectivity index (χ1v) is 5.59. The number of rotatable bonds is 4. The molecule has 0 aromatic heterocycles. The highest BCUT2D eigenvalue weighted by molar-refractivity contribution is 8.03. The molecule has 80 valence electrons. The second kappa shape index (κ2) is 5.72. The average molecular weight is 227 g/mol. The van der Waals surface area contributed by atoms with Crippen LogP contribution in [0.25, 0.3) is 0 Å². The number of halogens is 2. The second-order valence-corrected chi connectivity index (χ2v) is 4.18. The lowest BCUT2D eigenvalue weighted by atomic mass is 9.99. The summed E-state index contributed by atoms with van der Waals surface area (Å²) in [6, 6.07) is 3.94. The van der Waals surface area contributed by atoms with E-state index in [4.69, 9.17) is 5.26 Å². The monoisotopic (exact) mass is 227 g/mol. The average Bonchev–Trinajstić information content (AvgIpc) is 2.22. The van der Waals surface area contributed by atoms with Crippen molar-refractivity contribution in [3.63, 3.8) is 0 Å². The van der Waals surface area contributed by atoms with E-state index in [-0.39, 0.29) is 5.92 Å². The molecule has 1 aromatic rings. The number of hydrogen-bond donors (Lipinski definition) is 0. The van der Waals surface area contributed by atoms with Crippen LogP contribution in [0.3, 0.4) is 0 Å². The minimum atomic E-state index is -0.822. The molecule has 0 saturated heterocycles. The third-order valence-electron chi connectivity index (χ3n) is 2.23. The number of nitriles is 1. The molecule has 0 fully saturated rings. The van der Waals surface area contributed by atoms with Gasteiger partial charge in [-0.25, -0.2) is 8.78 Å². The van der Waals surface area contributed by atoms with E-state index < -0.39 is 11.6 Å². The van der Waals surface area contributed by atoms with E-state index in [2.05, 4.69) is 0 Å². The van der Waals surface area contributed by atoms with E-state index in [0.717, 1.165) is 18.1 Å². The molecule has 0 heterocycles. The molecule has 15 heavy (non-hydrogen) atoms. The van der Waals surface area contributed by atoms with Gasteiger partial charge in [0.2, 0.25) is 0 Å². The van der Waals surface area contributed by atoms with Gasteiger partial charge in [0.1, 0.15) is 5.40 Å². The van der Waals surface area contributed by atoms with E-state index in [1.54, 1.807) is 6.07 Å². The molecule has 0 N–H and O–H groups in total. The molecule has 4 heteroatoms. The van der Waals surface area contributed by atoms with Crippen LogP contribution in [0.5, 0.6) is 0 Å². The SMILES string of the molecule is CC(CCSC#N)c1ccc(F)c(F)c1. The van der Waals surface area contributed by atoms with Crippen LogP contribution in [0.2, 0.25) is 0 Å². The summed E-state index contributed by atoms with van der Waals surface area (Å²) in [5.74, 6) is -0.790. The van der Waals surface area contributed by atoms with Gasteiger partial charge in [0.25, 0.3) is 0 Å². The summed E-state index contributed by atoms with van der Waals surface area (Å²) >= 11 is 1.18. The van der Waals surface area contributed by atoms with E-state index in [1.807, 2.05) is 12.3 Å². The molecule has 0 aliphatic carbocycles. The van der Waals surface area contributed by atoms with Crippen LogP contribution < -0.4 is 0 Å². The Labute approximate surface area is 92.1 Å². The van der Waals surface area contributed by atoms with Crippen molar-refractivity contribution in [1.29, 1.82) is 5.26 Å². The van der Waals surface area contributed by atoms with Crippen molar-refractivity contribution in [1.82, 2.24) is 0 Å². The maximum atomic E-state index is 12.9. The number of thioether (sulfide) groups is 1. The van der Waals surface area contributed by atoms with Gasteiger partial charge in [-0.3, -0.25) is 0 Å². The molecule has 1 rings (SSSR count). The molecular formula is C11H11F2NS. The highest BCUT2D eigenvalue weighted by Gasteiger charge is 2.08. The molecule has 1 nitrogen and oxygen atoms in total. The Morgan fingerprint density at radius 1 is 1.40 bits per heavy atom. The summed E-state index contributed by atoms with van der Waals surface area (Å²) in [5.41, 5.74) is 0.771. The zero-order chi connectivity index (χ0) is 11.3. The fourth-order valence-electron chi connectivity index (χ4n) is 1.27. The van der Waals surface area contributed by atoms with E-state index in [0.29, 0.717) is 5.75 Å². The van der Waals surface area contributed by atoms with Crippen LogP contribution in [0.4, 0.5) is 8.78 Å². The summed E-state index contributed by atoms with van der Waals surface area (Å²) in [7, 11) is 0. The van der Waals surface area contributed by atoms with Crippen molar-refractivity contribution in [2.75, 3.05) is 5.75 Å². The Hall–Kier alpha value is -1.08. The van der Waals surface area contributed by atoms with E-state index >= 15 is 0 Å². The van der Waals surface area contributed by atoms with Crippen LogP contribution in [0, 0.1) is 22.3 Å². The first-order chi connectivity index (χ1) is 7.15. The molecule has 0 aliphatic heterocycles. The first kappa shape index (κ1) is 12.0. The number of thiocyanates is 1. The highest BCUT2D eigenvalue weighted by atomic mass is 32.2. The number of nitrogens with zero attached hydrogens (tertiary/aromatic N) is 1. The fraction of sp³-hybridized carbons (Fsp3) is 0.364. The second-order valence-electron chi connectivity index (χ2n) is 3.30. The molecule has 0 aliphatic rings. The maximum Gasteiger partial charge on any atom is 0.159 e. The lowest BCUT2D eigenvalue weighted by molar-refractivity contribution is 0.505. The molecule has 0 spiro atoms. The summed E-state index contributed by atoms with van der Waals surface area (Å²) in [5, 5.41) is 10.3. The standard InChI is InChI=1S/C11H11F2NS/c1-8(4-5-15-7-14)9-2-3-10(12)11(13)6-9/h2-3,6,8H,4-5H2,1H3. The lowest BCUT2D eigenvalue weighted by Gasteiger charge is -2.10. The summed E-state index contributed by atoms with van der Waals surface area (Å²) in [6.45, 7) is 1.94. The molecule has 1 atom stereocenters. The Bertz CT molecular complexity index is 373. The quantitative estimate of drug-likeness (QED) is 0.578. The van der Waals surface area contributed by atoms with Crippen LogP contribution >= 0.6 is 11.8 Å². The van der Waals surface area contributed by atoms with Crippen molar-refractivity contribution in [2.24, 2.45) is 0 Å². The molecule has 1 unspecified atom stereocenters. The Balaban J connectivity index is 2.62. The summed E-state index contributed by atoms with van der Waals surface area (Å²) < 4.78 is 25.5. The first-order valence-electron chi connectivity index (χ1n) is 4.61. The van der Waals surface area contributed by atoms with Crippen LogP contribution in [-0.2, 0) is 0 Å². The van der Waals surface area contributed by atoms with Gasteiger partial charge in [0.05, 0.1) is 0 Å². The number of benzene rings is 1. The molecule has 1 aromatic carbocycles. The predicted octanol–water partition coefficient (Wildman–Crippen LogP) is 3.67. The van der Waals surface area contributed by atoms with Gasteiger partial charge in [-0.1, -0.05) is 13.0 Å². The predicted molar refractivity (Wildman–Crippen MR) is 57.5 cm³/mol. The summed E-state index contributed by atoms with van der Waals surface area (Å²) in [6.07, 6.45) is 0.781. The third-order valence-corrected chi connectivity index (χ3v) is 2.80. The Kier molecular flexibility index (Phi) is 4.57. The molecule has 0 amide bonds. The van der Waals surface area contributed by atoms with Gasteiger partial charge < -0.3 is 0 Å². The molecule has 0 bridgehead atoms. The van der Waals surface area contributed by atoms with Crippen LogP contribution in [0.15, 0.2) is 18.2 Å². The minimum Gasteiger partial charge on any atom is -0.204 e. The smallest absolute Gasteiger partial charge is 0.159 e. The van der Waals surface area contributed by atoms with Crippen molar-refractivity contribution in [2.45, 2.75) is 19.3 Å². The van der Waals surface area contributed by atoms with Crippen molar-refractivity contribution < 1.29 is 8.78 Å². The maximum absolute atomic E-state index is 12.9. The van der Waals surface area contributed by atoms with Gasteiger partial charge in [-0.15, -0.1) is 0 Å². The van der Waals surface area contributed by atoms with E-state index in [9.17, 15) is 8.78 Å². The van der Waals surface area contributed by atoms with Crippen LogP contribution in [0.1, 0.15) is 24.8 Å². The minimum absolute atomic E-state index is 0.140. The topological polar surface area (TPSA) is 23.8 Å². The van der Waals surface area contributed by atoms with Gasteiger partial charge in [-0.05, 0) is 41.8 Å². The lowest BCUT2D eigenvalue weighted by Crippen LogP contribution is -1.97. The highest BCUT2D eigenvalue weighted by Crippen LogP contribution is 2.22. The zero-order valence-electron chi connectivity index (χ0n) is 8.34. The van der Waals surface area contributed by atoms with Gasteiger partial charge in [0, 0.05) is 5.75 Å². The molecule has 0 radical (unpaired) electrons. The molecular weight excluding hydrogens is 216 g/mol. The Morgan fingerprint density at radius 3 is 2.73 bits per heavy atom. The van der Waals surface area contributed by atoms with Gasteiger partial charge in [0.15, 0.2) is 11.6 Å². The van der Waals surface area contributed by atoms with E-state index in [1.165, 1.54) is 17.8 Å². The normalized spacial score (nSPS) is 12.1. The Morgan fingerprint density at radius 2 is 2.13 bits per heavy atom. The third kappa shape index (κ3) is 3.52. The number of hydrogen-bond acceptors (Lipinski definition) is 2. The fourth-order valence-corrected chi connectivity index (χ4v) is 1.83. The van der Waals surface area contributed by atoms with Gasteiger partial charge in [-0.2, -0.15) is 5.26 Å². The molecule has 0 saturated carbocycles.